The lowest BCUT2D eigenvalue weighted by Crippen LogP contribution is -2.21. The van der Waals surface area contributed by atoms with Gasteiger partial charge in [0.15, 0.2) is 0 Å². The number of aliphatic hydroxyl groups is 1. The second-order valence-electron chi connectivity index (χ2n) is 7.60. The molecule has 144 valence electrons. The first-order valence-electron chi connectivity index (χ1n) is 9.34. The van der Waals surface area contributed by atoms with Crippen LogP contribution in [0.3, 0.4) is 0 Å². The highest BCUT2D eigenvalue weighted by Crippen LogP contribution is 2.48. The number of rotatable bonds is 5. The molecule has 0 radical (unpaired) electrons. The van der Waals surface area contributed by atoms with Gasteiger partial charge in [0, 0.05) is 7.05 Å². The van der Waals surface area contributed by atoms with Crippen LogP contribution in [0.5, 0.6) is 5.75 Å². The lowest BCUT2D eigenvalue weighted by molar-refractivity contribution is -0.143. The molecular formula is C19H24N4O4. The molecule has 0 bridgehead atoms. The molecule has 0 aliphatic heterocycles. The predicted octanol–water partition coefficient (Wildman–Crippen LogP) is 1.95. The zero-order valence-corrected chi connectivity index (χ0v) is 15.5. The second-order valence-corrected chi connectivity index (χ2v) is 7.60. The van der Waals surface area contributed by atoms with Crippen LogP contribution >= 0.6 is 0 Å². The summed E-state index contributed by atoms with van der Waals surface area (Å²) in [4.78, 5) is 16.0. The molecule has 8 nitrogen and oxygen atoms in total. The van der Waals surface area contributed by atoms with E-state index < -0.39 is 5.97 Å². The molecule has 4 unspecified atom stereocenters. The highest BCUT2D eigenvalue weighted by Gasteiger charge is 2.47. The van der Waals surface area contributed by atoms with Crippen LogP contribution in [0.4, 0.5) is 0 Å². The van der Waals surface area contributed by atoms with E-state index in [0.717, 1.165) is 31.4 Å². The Hall–Kier alpha value is -2.48. The Morgan fingerprint density at radius 3 is 2.85 bits per heavy atom. The maximum atomic E-state index is 11.4. The molecule has 4 atom stereocenters. The summed E-state index contributed by atoms with van der Waals surface area (Å²) < 4.78 is 7.71. The van der Waals surface area contributed by atoms with Crippen molar-refractivity contribution in [1.82, 2.24) is 20.0 Å². The number of hydrogen-bond donors (Lipinski definition) is 2. The first-order valence-corrected chi connectivity index (χ1v) is 9.34. The van der Waals surface area contributed by atoms with E-state index in [1.54, 1.807) is 7.05 Å². The maximum absolute atomic E-state index is 11.4. The Morgan fingerprint density at radius 2 is 2.15 bits per heavy atom. The summed E-state index contributed by atoms with van der Waals surface area (Å²) in [7, 11) is 1.73. The third kappa shape index (κ3) is 3.18. The van der Waals surface area contributed by atoms with Crippen LogP contribution in [-0.4, -0.2) is 42.3 Å². The standard InChI is InChI=1S/C19H24N4O4/c1-10-17(6-5-15(20-10)18-16(9-24)23(2)22-21-18)27-12-7-11-3-4-13(19(25)26)14(11)8-12/h5-6,11-14,24H,3-4,7-9H2,1-2H3,(H,25,26). The van der Waals surface area contributed by atoms with Gasteiger partial charge in [-0.2, -0.15) is 0 Å². The fourth-order valence-electron chi connectivity index (χ4n) is 4.68. The topological polar surface area (TPSA) is 110 Å². The number of pyridine rings is 1. The SMILES string of the molecule is Cc1nc(-c2nnn(C)c2CO)ccc1OC1CC2CCC(C(=O)O)C2C1. The second kappa shape index (κ2) is 6.92. The number of fused-ring (bicyclic) bond motifs is 1. The number of carboxylic acid groups (broad SMARTS) is 1. The van der Waals surface area contributed by atoms with E-state index in [1.165, 1.54) is 4.68 Å². The zero-order valence-electron chi connectivity index (χ0n) is 15.5. The quantitative estimate of drug-likeness (QED) is 0.825. The minimum absolute atomic E-state index is 0.0398. The number of aryl methyl sites for hydroxylation is 2. The van der Waals surface area contributed by atoms with Gasteiger partial charge in [0.25, 0.3) is 0 Å². The number of aliphatic carboxylic acids is 1. The average Bonchev–Trinajstić information content (AvgIpc) is 3.30. The first kappa shape index (κ1) is 17.9. The van der Waals surface area contributed by atoms with Crippen molar-refractivity contribution >= 4 is 5.97 Å². The summed E-state index contributed by atoms with van der Waals surface area (Å²) in [5, 5.41) is 26.9. The van der Waals surface area contributed by atoms with Crippen molar-refractivity contribution in [2.24, 2.45) is 24.8 Å². The first-order chi connectivity index (χ1) is 13.0. The van der Waals surface area contributed by atoms with E-state index in [2.05, 4.69) is 15.3 Å². The third-order valence-electron chi connectivity index (χ3n) is 6.05. The third-order valence-corrected chi connectivity index (χ3v) is 6.05. The molecule has 4 rings (SSSR count). The molecular weight excluding hydrogens is 348 g/mol. The van der Waals surface area contributed by atoms with Gasteiger partial charge >= 0.3 is 5.97 Å². The monoisotopic (exact) mass is 372 g/mol. The Kier molecular flexibility index (Phi) is 4.59. The number of hydrogen-bond acceptors (Lipinski definition) is 6. The zero-order chi connectivity index (χ0) is 19.1. The van der Waals surface area contributed by atoms with Gasteiger partial charge in [0.05, 0.1) is 35.7 Å². The fraction of sp³-hybridized carbons (Fsp3) is 0.579. The summed E-state index contributed by atoms with van der Waals surface area (Å²) in [5.74, 6) is 0.500. The van der Waals surface area contributed by atoms with Gasteiger partial charge in [0.2, 0.25) is 0 Å². The van der Waals surface area contributed by atoms with Crippen LogP contribution in [0.25, 0.3) is 11.4 Å². The molecule has 2 aromatic rings. The smallest absolute Gasteiger partial charge is 0.306 e. The van der Waals surface area contributed by atoms with E-state index in [-0.39, 0.29) is 24.5 Å². The molecule has 2 N–H and O–H groups in total. The number of ether oxygens (including phenoxy) is 1. The highest BCUT2D eigenvalue weighted by atomic mass is 16.5. The molecule has 27 heavy (non-hydrogen) atoms. The molecule has 2 aliphatic carbocycles. The molecule has 2 fully saturated rings. The molecule has 0 aromatic carbocycles. The van der Waals surface area contributed by atoms with Crippen molar-refractivity contribution in [3.8, 4) is 17.1 Å². The Balaban J connectivity index is 1.49. The summed E-state index contributed by atoms with van der Waals surface area (Å²) >= 11 is 0. The molecule has 0 saturated heterocycles. The van der Waals surface area contributed by atoms with Crippen LogP contribution < -0.4 is 4.74 Å². The van der Waals surface area contributed by atoms with Crippen molar-refractivity contribution in [3.63, 3.8) is 0 Å². The fourth-order valence-corrected chi connectivity index (χ4v) is 4.68. The number of aliphatic hydroxyl groups excluding tert-OH is 1. The van der Waals surface area contributed by atoms with Crippen molar-refractivity contribution in [1.29, 1.82) is 0 Å². The summed E-state index contributed by atoms with van der Waals surface area (Å²) in [6, 6.07) is 3.69. The lowest BCUT2D eigenvalue weighted by atomic mass is 9.92. The summed E-state index contributed by atoms with van der Waals surface area (Å²) in [6.07, 6.45) is 3.51. The number of aromatic nitrogens is 4. The Bertz CT molecular complexity index is 865. The van der Waals surface area contributed by atoms with Gasteiger partial charge in [-0.1, -0.05) is 5.21 Å². The summed E-state index contributed by atoms with van der Waals surface area (Å²) in [5.41, 5.74) is 2.56. The molecule has 0 amide bonds. The van der Waals surface area contributed by atoms with Crippen LogP contribution in [0.2, 0.25) is 0 Å². The van der Waals surface area contributed by atoms with Crippen LogP contribution in [0.15, 0.2) is 12.1 Å². The maximum Gasteiger partial charge on any atom is 0.306 e. The minimum atomic E-state index is -0.672. The molecule has 2 heterocycles. The minimum Gasteiger partial charge on any atom is -0.489 e. The van der Waals surface area contributed by atoms with Gasteiger partial charge in [-0.3, -0.25) is 4.79 Å². The predicted molar refractivity (Wildman–Crippen MR) is 95.9 cm³/mol. The van der Waals surface area contributed by atoms with Gasteiger partial charge in [-0.15, -0.1) is 5.10 Å². The van der Waals surface area contributed by atoms with Crippen molar-refractivity contribution in [2.45, 2.75) is 45.3 Å². The molecule has 2 aromatic heterocycles. The van der Waals surface area contributed by atoms with Crippen molar-refractivity contribution in [3.05, 3.63) is 23.5 Å². The largest absolute Gasteiger partial charge is 0.489 e. The average molecular weight is 372 g/mol. The number of carboxylic acids is 1. The van der Waals surface area contributed by atoms with Gasteiger partial charge < -0.3 is 14.9 Å². The Morgan fingerprint density at radius 1 is 1.33 bits per heavy atom. The normalized spacial score (nSPS) is 26.9. The number of nitrogens with zero attached hydrogens (tertiary/aromatic N) is 4. The van der Waals surface area contributed by atoms with Gasteiger partial charge in [-0.05, 0) is 56.6 Å². The van der Waals surface area contributed by atoms with Crippen LogP contribution in [-0.2, 0) is 18.4 Å². The molecule has 2 aliphatic rings. The highest BCUT2D eigenvalue weighted by molar-refractivity contribution is 5.71. The van der Waals surface area contributed by atoms with Crippen molar-refractivity contribution in [2.75, 3.05) is 0 Å². The van der Waals surface area contributed by atoms with Crippen molar-refractivity contribution < 1.29 is 19.7 Å². The summed E-state index contributed by atoms with van der Waals surface area (Å²) in [6.45, 7) is 1.72. The van der Waals surface area contributed by atoms with E-state index in [4.69, 9.17) is 4.74 Å². The van der Waals surface area contributed by atoms with E-state index in [0.29, 0.717) is 28.7 Å². The molecule has 0 spiro atoms. The Labute approximate surface area is 157 Å². The van der Waals surface area contributed by atoms with Crippen LogP contribution in [0, 0.1) is 24.7 Å². The van der Waals surface area contributed by atoms with Gasteiger partial charge in [0.1, 0.15) is 11.4 Å². The van der Waals surface area contributed by atoms with E-state index in [9.17, 15) is 15.0 Å². The lowest BCUT2D eigenvalue weighted by Gasteiger charge is -2.17. The molecule has 8 heteroatoms. The number of carbonyl (C=O) groups is 1. The molecule has 2 saturated carbocycles. The van der Waals surface area contributed by atoms with E-state index >= 15 is 0 Å². The van der Waals surface area contributed by atoms with Crippen LogP contribution in [0.1, 0.15) is 37.1 Å². The van der Waals surface area contributed by atoms with Gasteiger partial charge in [-0.25, -0.2) is 9.67 Å². The van der Waals surface area contributed by atoms with E-state index in [1.807, 2.05) is 19.1 Å².